The number of carbonyl (C=O) groups is 1. The molecule has 2 N–H and O–H groups in total. The Morgan fingerprint density at radius 2 is 2.06 bits per heavy atom. The molecular formula is C12H16N2O4. The summed E-state index contributed by atoms with van der Waals surface area (Å²) in [5.41, 5.74) is -1.77. The normalized spacial score (nSPS) is 17.8. The zero-order valence-corrected chi connectivity index (χ0v) is 10.2. The fourth-order valence-electron chi connectivity index (χ4n) is 2.58. The largest absolute Gasteiger partial charge is 0.477 e. The first kappa shape index (κ1) is 12.6. The van der Waals surface area contributed by atoms with Crippen molar-refractivity contribution < 1.29 is 9.90 Å². The highest BCUT2D eigenvalue weighted by Crippen LogP contribution is 2.38. The van der Waals surface area contributed by atoms with Crippen LogP contribution in [-0.2, 0) is 6.54 Å². The van der Waals surface area contributed by atoms with Crippen LogP contribution in [-0.4, -0.2) is 20.6 Å². The quantitative estimate of drug-likeness (QED) is 0.832. The number of nitrogens with one attached hydrogen (secondary N) is 1. The summed E-state index contributed by atoms with van der Waals surface area (Å²) < 4.78 is 1.30. The Morgan fingerprint density at radius 3 is 2.61 bits per heavy atom. The van der Waals surface area contributed by atoms with E-state index in [1.165, 1.54) is 4.57 Å². The first-order chi connectivity index (χ1) is 8.41. The number of hydrogen-bond donors (Lipinski definition) is 2. The van der Waals surface area contributed by atoms with Gasteiger partial charge in [-0.3, -0.25) is 14.3 Å². The summed E-state index contributed by atoms with van der Waals surface area (Å²) in [6.45, 7) is 2.53. The number of aromatic nitrogens is 2. The van der Waals surface area contributed by atoms with Gasteiger partial charge in [0.25, 0.3) is 5.56 Å². The van der Waals surface area contributed by atoms with Crippen LogP contribution in [0.2, 0.25) is 0 Å². The van der Waals surface area contributed by atoms with Crippen LogP contribution in [0.5, 0.6) is 0 Å². The van der Waals surface area contributed by atoms with Crippen LogP contribution < -0.4 is 11.2 Å². The van der Waals surface area contributed by atoms with Gasteiger partial charge in [0.1, 0.15) is 5.56 Å². The third kappa shape index (κ3) is 2.37. The smallest absolute Gasteiger partial charge is 0.342 e. The predicted octanol–water partition coefficient (Wildman–Crippen LogP) is 0.815. The molecule has 1 saturated carbocycles. The van der Waals surface area contributed by atoms with E-state index in [1.54, 1.807) is 0 Å². The summed E-state index contributed by atoms with van der Waals surface area (Å²) in [4.78, 5) is 35.9. The summed E-state index contributed by atoms with van der Waals surface area (Å²) in [5.74, 6) is -1.32. The minimum atomic E-state index is -1.32. The molecule has 0 atom stereocenters. The molecule has 0 radical (unpaired) electrons. The minimum absolute atomic E-state index is 0.0117. The van der Waals surface area contributed by atoms with Gasteiger partial charge in [0, 0.05) is 12.7 Å². The zero-order valence-electron chi connectivity index (χ0n) is 10.2. The second kappa shape index (κ2) is 4.44. The van der Waals surface area contributed by atoms with Crippen molar-refractivity contribution in [3.63, 3.8) is 0 Å². The van der Waals surface area contributed by atoms with Crippen LogP contribution in [0.1, 0.15) is 43.0 Å². The average molecular weight is 252 g/mol. The molecule has 0 aromatic carbocycles. The number of aromatic amines is 1. The summed E-state index contributed by atoms with van der Waals surface area (Å²) in [6.07, 6.45) is 5.43. The van der Waals surface area contributed by atoms with Crippen molar-refractivity contribution in [2.75, 3.05) is 0 Å². The predicted molar refractivity (Wildman–Crippen MR) is 64.9 cm³/mol. The second-order valence-electron chi connectivity index (χ2n) is 5.25. The topological polar surface area (TPSA) is 92.2 Å². The molecule has 1 aliphatic rings. The van der Waals surface area contributed by atoms with Crippen molar-refractivity contribution in [3.05, 3.63) is 32.6 Å². The molecule has 1 aliphatic carbocycles. The Labute approximate surface area is 103 Å². The van der Waals surface area contributed by atoms with Crippen LogP contribution >= 0.6 is 0 Å². The van der Waals surface area contributed by atoms with Gasteiger partial charge in [0.05, 0.1) is 0 Å². The van der Waals surface area contributed by atoms with Gasteiger partial charge >= 0.3 is 11.7 Å². The van der Waals surface area contributed by atoms with E-state index in [2.05, 4.69) is 11.9 Å². The second-order valence-corrected chi connectivity index (χ2v) is 5.25. The van der Waals surface area contributed by atoms with Crippen LogP contribution in [0.15, 0.2) is 15.8 Å². The molecule has 0 bridgehead atoms. The maximum atomic E-state index is 11.7. The van der Waals surface area contributed by atoms with E-state index in [9.17, 15) is 14.4 Å². The van der Waals surface area contributed by atoms with Crippen LogP contribution in [0.3, 0.4) is 0 Å². The molecule has 1 aromatic heterocycles. The SMILES string of the molecule is CC1(Cn2cc(C(=O)O)c(=O)[nH]c2=O)CCCC1. The van der Waals surface area contributed by atoms with E-state index in [-0.39, 0.29) is 5.41 Å². The highest BCUT2D eigenvalue weighted by Gasteiger charge is 2.29. The summed E-state index contributed by atoms with van der Waals surface area (Å²) in [6, 6.07) is 0. The Balaban J connectivity index is 2.39. The van der Waals surface area contributed by atoms with Gasteiger partial charge in [0.15, 0.2) is 0 Å². The summed E-state index contributed by atoms with van der Waals surface area (Å²) in [5, 5.41) is 8.87. The van der Waals surface area contributed by atoms with Crippen LogP contribution in [0.25, 0.3) is 0 Å². The highest BCUT2D eigenvalue weighted by atomic mass is 16.4. The number of nitrogens with zero attached hydrogens (tertiary/aromatic N) is 1. The van der Waals surface area contributed by atoms with E-state index in [4.69, 9.17) is 5.11 Å². The van der Waals surface area contributed by atoms with Crippen LogP contribution in [0.4, 0.5) is 0 Å². The first-order valence-corrected chi connectivity index (χ1v) is 5.98. The summed E-state index contributed by atoms with van der Waals surface area (Å²) >= 11 is 0. The molecular weight excluding hydrogens is 236 g/mol. The van der Waals surface area contributed by atoms with Gasteiger partial charge in [-0.2, -0.15) is 0 Å². The lowest BCUT2D eigenvalue weighted by molar-refractivity contribution is 0.0693. The lowest BCUT2D eigenvalue weighted by Gasteiger charge is -2.24. The maximum absolute atomic E-state index is 11.7. The lowest BCUT2D eigenvalue weighted by atomic mass is 9.89. The summed E-state index contributed by atoms with van der Waals surface area (Å²) in [7, 11) is 0. The minimum Gasteiger partial charge on any atom is -0.477 e. The van der Waals surface area contributed by atoms with Gasteiger partial charge in [-0.1, -0.05) is 19.8 Å². The Kier molecular flexibility index (Phi) is 3.11. The molecule has 6 nitrogen and oxygen atoms in total. The molecule has 0 aliphatic heterocycles. The third-order valence-electron chi connectivity index (χ3n) is 3.60. The lowest BCUT2D eigenvalue weighted by Crippen LogP contribution is -2.36. The highest BCUT2D eigenvalue weighted by molar-refractivity contribution is 5.86. The van der Waals surface area contributed by atoms with E-state index in [0.717, 1.165) is 31.9 Å². The molecule has 0 unspecified atom stereocenters. The average Bonchev–Trinajstić information content (AvgIpc) is 2.69. The molecule has 1 fully saturated rings. The Bertz CT molecular complexity index is 578. The molecule has 18 heavy (non-hydrogen) atoms. The van der Waals surface area contributed by atoms with E-state index < -0.39 is 22.8 Å². The van der Waals surface area contributed by atoms with Crippen molar-refractivity contribution in [1.82, 2.24) is 9.55 Å². The fourth-order valence-corrected chi connectivity index (χ4v) is 2.58. The standard InChI is InChI=1S/C12H16N2O4/c1-12(4-2-3-5-12)7-14-6-8(10(16)17)9(15)13-11(14)18/h6H,2-5,7H2,1H3,(H,16,17)(H,13,15,18). The fraction of sp³-hybridized carbons (Fsp3) is 0.583. The molecule has 1 heterocycles. The molecule has 0 spiro atoms. The first-order valence-electron chi connectivity index (χ1n) is 5.98. The van der Waals surface area contributed by atoms with Gasteiger partial charge < -0.3 is 5.11 Å². The molecule has 0 saturated heterocycles. The van der Waals surface area contributed by atoms with E-state index >= 15 is 0 Å². The van der Waals surface area contributed by atoms with E-state index in [1.807, 2.05) is 0 Å². The third-order valence-corrected chi connectivity index (χ3v) is 3.60. The van der Waals surface area contributed by atoms with Gasteiger partial charge in [-0.25, -0.2) is 9.59 Å². The van der Waals surface area contributed by atoms with Gasteiger partial charge in [-0.15, -0.1) is 0 Å². The molecule has 0 amide bonds. The Morgan fingerprint density at radius 1 is 1.44 bits per heavy atom. The van der Waals surface area contributed by atoms with Crippen molar-refractivity contribution >= 4 is 5.97 Å². The molecule has 1 aromatic rings. The van der Waals surface area contributed by atoms with Crippen molar-refractivity contribution in [3.8, 4) is 0 Å². The van der Waals surface area contributed by atoms with Crippen molar-refractivity contribution in [1.29, 1.82) is 0 Å². The molecule has 98 valence electrons. The molecule has 2 rings (SSSR count). The van der Waals surface area contributed by atoms with Gasteiger partial charge in [0.2, 0.25) is 0 Å². The number of carboxylic acids is 1. The van der Waals surface area contributed by atoms with Gasteiger partial charge in [-0.05, 0) is 18.3 Å². The zero-order chi connectivity index (χ0) is 13.3. The van der Waals surface area contributed by atoms with E-state index in [0.29, 0.717) is 6.54 Å². The number of aromatic carboxylic acids is 1. The van der Waals surface area contributed by atoms with Crippen molar-refractivity contribution in [2.24, 2.45) is 5.41 Å². The maximum Gasteiger partial charge on any atom is 0.342 e. The number of hydrogen-bond acceptors (Lipinski definition) is 3. The monoisotopic (exact) mass is 252 g/mol. The number of carboxylic acid groups (broad SMARTS) is 1. The number of H-pyrrole nitrogens is 1. The molecule has 6 heteroatoms. The van der Waals surface area contributed by atoms with Crippen molar-refractivity contribution in [2.45, 2.75) is 39.2 Å². The number of rotatable bonds is 3. The Hall–Kier alpha value is -1.85. The van der Waals surface area contributed by atoms with Crippen LogP contribution in [0, 0.1) is 5.41 Å².